The summed E-state index contributed by atoms with van der Waals surface area (Å²) in [7, 11) is 2.37. The Bertz CT molecular complexity index is 549. The lowest BCUT2D eigenvalue weighted by Gasteiger charge is -2.24. The fraction of sp³-hybridized carbons (Fsp3) is 0.680. The molecule has 0 saturated heterocycles. The van der Waals surface area contributed by atoms with E-state index in [0.29, 0.717) is 5.92 Å². The highest BCUT2D eigenvalue weighted by molar-refractivity contribution is 5.28. The number of methoxy groups -OCH3 is 2. The van der Waals surface area contributed by atoms with Crippen LogP contribution in [0.25, 0.3) is 0 Å². The van der Waals surface area contributed by atoms with E-state index < -0.39 is 29.3 Å². The molecule has 0 spiro atoms. The Morgan fingerprint density at radius 3 is 1.80 bits per heavy atom. The summed E-state index contributed by atoms with van der Waals surface area (Å²) in [6.45, 7) is 14.6. The molecule has 2 nitrogen and oxygen atoms in total. The van der Waals surface area contributed by atoms with E-state index in [4.69, 9.17) is 0 Å². The number of hydrogen-bond donors (Lipinski definition) is 0. The van der Waals surface area contributed by atoms with Gasteiger partial charge >= 0.3 is 0 Å². The molecule has 1 aliphatic carbocycles. The second kappa shape index (κ2) is 15.2. The minimum absolute atomic E-state index is 0.205. The highest BCUT2D eigenvalue weighted by Gasteiger charge is 2.16. The van der Waals surface area contributed by atoms with Crippen molar-refractivity contribution in [2.45, 2.75) is 72.4 Å². The Kier molecular flexibility index (Phi) is 14.4. The van der Waals surface area contributed by atoms with Crippen molar-refractivity contribution in [2.75, 3.05) is 14.2 Å². The number of hydrogen-bond acceptors (Lipinski definition) is 2. The van der Waals surface area contributed by atoms with Gasteiger partial charge in [0.05, 0.1) is 20.4 Å². The van der Waals surface area contributed by atoms with E-state index in [1.807, 2.05) is 6.92 Å². The highest BCUT2D eigenvalue weighted by Crippen LogP contribution is 2.29. The van der Waals surface area contributed by atoms with Crippen LogP contribution in [0.2, 0.25) is 0 Å². The fourth-order valence-electron chi connectivity index (χ4n) is 3.10. The van der Waals surface area contributed by atoms with Gasteiger partial charge in [-0.15, -0.1) is 0 Å². The smallest absolute Gasteiger partial charge is 0.203 e. The predicted molar refractivity (Wildman–Crippen MR) is 120 cm³/mol. The molecule has 0 aliphatic heterocycles. The first kappa shape index (κ1) is 28.4. The lowest BCUT2D eigenvalue weighted by atomic mass is 9.82. The van der Waals surface area contributed by atoms with Gasteiger partial charge in [-0.3, -0.25) is 0 Å². The molecule has 0 N–H and O–H groups in total. The van der Waals surface area contributed by atoms with E-state index in [-0.39, 0.29) is 5.92 Å². The van der Waals surface area contributed by atoms with Crippen molar-refractivity contribution in [1.29, 1.82) is 0 Å². The molecule has 0 heterocycles. The van der Waals surface area contributed by atoms with Gasteiger partial charge < -0.3 is 9.47 Å². The largest absolute Gasteiger partial charge is 0.494 e. The Morgan fingerprint density at radius 1 is 0.933 bits per heavy atom. The molecular weight excluding hydrogens is 389 g/mol. The SMILES string of the molecule is C=C(OC)/C(F)=C(/F)C(=C)OC.CC(/C=C/C1CCC(C)CC1)CCC(C)C(C)F. The molecule has 3 unspecified atom stereocenters. The van der Waals surface area contributed by atoms with Crippen molar-refractivity contribution in [2.24, 2.45) is 23.7 Å². The number of rotatable bonds is 10. The Morgan fingerprint density at radius 2 is 1.40 bits per heavy atom. The van der Waals surface area contributed by atoms with Crippen LogP contribution in [-0.2, 0) is 9.47 Å². The monoisotopic (exact) mass is 430 g/mol. The average molecular weight is 431 g/mol. The van der Waals surface area contributed by atoms with Gasteiger partial charge in [0.25, 0.3) is 0 Å². The summed E-state index contributed by atoms with van der Waals surface area (Å²) in [5, 5.41) is 0. The minimum atomic E-state index is -1.20. The number of halogens is 3. The molecule has 174 valence electrons. The topological polar surface area (TPSA) is 18.5 Å². The summed E-state index contributed by atoms with van der Waals surface area (Å²) < 4.78 is 47.3. The lowest BCUT2D eigenvalue weighted by molar-refractivity contribution is 0.245. The van der Waals surface area contributed by atoms with Gasteiger partial charge in [0, 0.05) is 0 Å². The van der Waals surface area contributed by atoms with Gasteiger partial charge in [-0.1, -0.05) is 58.9 Å². The predicted octanol–water partition coefficient (Wildman–Crippen LogP) is 8.24. The van der Waals surface area contributed by atoms with Crippen LogP contribution in [0.5, 0.6) is 0 Å². The van der Waals surface area contributed by atoms with Crippen molar-refractivity contribution in [3.8, 4) is 0 Å². The number of alkyl halides is 1. The molecule has 1 rings (SSSR count). The quantitative estimate of drug-likeness (QED) is 0.197. The van der Waals surface area contributed by atoms with E-state index >= 15 is 0 Å². The maximum atomic E-state index is 13.0. The summed E-state index contributed by atoms with van der Waals surface area (Å²) in [6, 6.07) is 0. The van der Waals surface area contributed by atoms with Crippen molar-refractivity contribution in [1.82, 2.24) is 0 Å². The average Bonchev–Trinajstić information content (AvgIpc) is 2.74. The summed E-state index contributed by atoms with van der Waals surface area (Å²) >= 11 is 0. The first-order chi connectivity index (χ1) is 14.0. The van der Waals surface area contributed by atoms with Crippen molar-refractivity contribution >= 4 is 0 Å². The maximum absolute atomic E-state index is 13.0. The van der Waals surface area contributed by atoms with Gasteiger partial charge in [0.2, 0.25) is 11.7 Å². The van der Waals surface area contributed by atoms with Gasteiger partial charge in [-0.2, -0.15) is 8.78 Å². The molecule has 0 amide bonds. The molecule has 1 saturated carbocycles. The summed E-state index contributed by atoms with van der Waals surface area (Å²) in [5.41, 5.74) is 0. The summed E-state index contributed by atoms with van der Waals surface area (Å²) in [5.74, 6) is -0.660. The molecule has 5 heteroatoms. The lowest BCUT2D eigenvalue weighted by Crippen LogP contribution is -2.11. The Hall–Kier alpha value is -1.65. The number of ether oxygens (including phenoxy) is 2. The molecule has 1 fully saturated rings. The van der Waals surface area contributed by atoms with Crippen LogP contribution in [0.1, 0.15) is 66.2 Å². The highest BCUT2D eigenvalue weighted by atomic mass is 19.2. The van der Waals surface area contributed by atoms with E-state index in [0.717, 1.165) is 24.7 Å². The third-order valence-corrected chi connectivity index (χ3v) is 5.81. The van der Waals surface area contributed by atoms with Crippen LogP contribution in [-0.4, -0.2) is 20.4 Å². The molecule has 0 radical (unpaired) electrons. The number of allylic oxidation sites excluding steroid dienone is 4. The van der Waals surface area contributed by atoms with Gasteiger partial charge in [-0.05, 0) is 56.3 Å². The van der Waals surface area contributed by atoms with E-state index in [1.54, 1.807) is 6.92 Å². The second-order valence-corrected chi connectivity index (χ2v) is 8.50. The van der Waals surface area contributed by atoms with Crippen LogP contribution in [0.4, 0.5) is 13.2 Å². The zero-order valence-electron chi connectivity index (χ0n) is 19.6. The summed E-state index contributed by atoms with van der Waals surface area (Å²) in [4.78, 5) is 0. The molecule has 0 aromatic rings. The van der Waals surface area contributed by atoms with E-state index in [9.17, 15) is 13.2 Å². The zero-order chi connectivity index (χ0) is 23.3. The second-order valence-electron chi connectivity index (χ2n) is 8.50. The van der Waals surface area contributed by atoms with Crippen LogP contribution in [0.15, 0.2) is 48.5 Å². The fourth-order valence-corrected chi connectivity index (χ4v) is 3.10. The standard InChI is InChI=1S/C17H31F.C8H10F2O2/c1-13(5-9-15(3)16(4)18)6-10-17-11-7-14(2)8-12-17;1-5(11-3)7(9)8(10)6(2)12-4/h6,10,13-17H,5,7-9,11-12H2,1-4H3;1-2H2,3-4H3/b10-6+;8-7-. The molecule has 3 atom stereocenters. The minimum Gasteiger partial charge on any atom is -0.494 e. The Labute approximate surface area is 181 Å². The molecule has 0 aromatic carbocycles. The van der Waals surface area contributed by atoms with Crippen LogP contribution in [0.3, 0.4) is 0 Å². The van der Waals surface area contributed by atoms with E-state index in [1.165, 1.54) is 39.9 Å². The van der Waals surface area contributed by atoms with Gasteiger partial charge in [0.1, 0.15) is 0 Å². The molecule has 1 aliphatic rings. The zero-order valence-corrected chi connectivity index (χ0v) is 19.6. The van der Waals surface area contributed by atoms with Crippen molar-refractivity contribution in [3.63, 3.8) is 0 Å². The molecular formula is C25H41F3O2. The molecule has 30 heavy (non-hydrogen) atoms. The third-order valence-electron chi connectivity index (χ3n) is 5.81. The molecule has 0 aromatic heterocycles. The van der Waals surface area contributed by atoms with Crippen molar-refractivity contribution in [3.05, 3.63) is 48.5 Å². The van der Waals surface area contributed by atoms with Crippen LogP contribution < -0.4 is 0 Å². The normalized spacial score (nSPS) is 22.8. The third kappa shape index (κ3) is 11.5. The maximum Gasteiger partial charge on any atom is 0.203 e. The van der Waals surface area contributed by atoms with Crippen LogP contribution >= 0.6 is 0 Å². The van der Waals surface area contributed by atoms with Crippen molar-refractivity contribution < 1.29 is 22.6 Å². The Balaban J connectivity index is 0.000000612. The van der Waals surface area contributed by atoms with Crippen LogP contribution in [0, 0.1) is 23.7 Å². The van der Waals surface area contributed by atoms with Gasteiger partial charge in [0.15, 0.2) is 11.5 Å². The first-order valence-corrected chi connectivity index (χ1v) is 10.9. The van der Waals surface area contributed by atoms with E-state index in [2.05, 4.69) is 48.6 Å². The first-order valence-electron chi connectivity index (χ1n) is 10.9. The van der Waals surface area contributed by atoms with Gasteiger partial charge in [-0.25, -0.2) is 4.39 Å². The molecule has 0 bridgehead atoms. The summed E-state index contributed by atoms with van der Waals surface area (Å²) in [6.07, 6.45) is 11.8.